The second-order valence-corrected chi connectivity index (χ2v) is 6.04. The molecule has 0 bridgehead atoms. The van der Waals surface area contributed by atoms with E-state index in [9.17, 15) is 0 Å². The zero-order valence-corrected chi connectivity index (χ0v) is 12.6. The summed E-state index contributed by atoms with van der Waals surface area (Å²) >= 11 is 1.87. The number of rotatable bonds is 3. The van der Waals surface area contributed by atoms with Crippen molar-refractivity contribution in [3.63, 3.8) is 0 Å². The molecule has 1 heterocycles. The molecule has 100 valence electrons. The lowest BCUT2D eigenvalue weighted by molar-refractivity contribution is 1.18. The van der Waals surface area contributed by atoms with Gasteiger partial charge in [0.2, 0.25) is 0 Å². The molecule has 2 heteroatoms. The van der Waals surface area contributed by atoms with Gasteiger partial charge in [-0.3, -0.25) is 4.98 Å². The summed E-state index contributed by atoms with van der Waals surface area (Å²) in [6, 6.07) is 17.2. The van der Waals surface area contributed by atoms with E-state index in [2.05, 4.69) is 67.4 Å². The molecule has 0 aliphatic rings. The second-order valence-electron chi connectivity index (χ2n) is 4.99. The first-order valence-electron chi connectivity index (χ1n) is 6.77. The van der Waals surface area contributed by atoms with Crippen molar-refractivity contribution in [3.05, 3.63) is 71.5 Å². The molecule has 3 aromatic rings. The minimum atomic E-state index is 1.00. The Morgan fingerprint density at radius 2 is 1.80 bits per heavy atom. The second kappa shape index (κ2) is 5.68. The third kappa shape index (κ3) is 2.70. The van der Waals surface area contributed by atoms with E-state index >= 15 is 0 Å². The van der Waals surface area contributed by atoms with Crippen LogP contribution in [-0.4, -0.2) is 4.98 Å². The van der Waals surface area contributed by atoms with Gasteiger partial charge >= 0.3 is 0 Å². The summed E-state index contributed by atoms with van der Waals surface area (Å²) in [7, 11) is 0. The van der Waals surface area contributed by atoms with E-state index in [1.54, 1.807) is 0 Å². The summed E-state index contributed by atoms with van der Waals surface area (Å²) in [5.74, 6) is 1.00. The fourth-order valence-corrected chi connectivity index (χ4v) is 3.18. The molecule has 0 aliphatic carbocycles. The number of nitrogens with zero attached hydrogens (tertiary/aromatic N) is 1. The van der Waals surface area contributed by atoms with Gasteiger partial charge in [0.15, 0.2) is 0 Å². The third-order valence-corrected chi connectivity index (χ3v) is 4.68. The molecular formula is C18H17NS. The Morgan fingerprint density at radius 3 is 2.60 bits per heavy atom. The van der Waals surface area contributed by atoms with E-state index in [0.717, 1.165) is 11.4 Å². The summed E-state index contributed by atoms with van der Waals surface area (Å²) < 4.78 is 0. The number of aromatic nitrogens is 1. The number of hydrogen-bond donors (Lipinski definition) is 0. The highest BCUT2D eigenvalue weighted by Crippen LogP contribution is 2.28. The van der Waals surface area contributed by atoms with Crippen molar-refractivity contribution in [1.82, 2.24) is 4.98 Å². The topological polar surface area (TPSA) is 12.9 Å². The van der Waals surface area contributed by atoms with Crippen molar-refractivity contribution in [3.8, 4) is 0 Å². The van der Waals surface area contributed by atoms with Gasteiger partial charge in [0.25, 0.3) is 0 Å². The van der Waals surface area contributed by atoms with Crippen LogP contribution in [0.25, 0.3) is 10.8 Å². The quantitative estimate of drug-likeness (QED) is 0.615. The average molecular weight is 279 g/mol. The molecule has 0 saturated heterocycles. The molecule has 0 spiro atoms. The minimum absolute atomic E-state index is 1.00. The Balaban J connectivity index is 1.85. The first kappa shape index (κ1) is 13.2. The maximum atomic E-state index is 4.46. The number of fused-ring (bicyclic) bond motifs is 1. The molecule has 1 aromatic heterocycles. The van der Waals surface area contributed by atoms with Gasteiger partial charge in [-0.05, 0) is 42.5 Å². The fourth-order valence-electron chi connectivity index (χ4n) is 2.28. The van der Waals surface area contributed by atoms with Gasteiger partial charge in [0.05, 0.1) is 0 Å². The lowest BCUT2D eigenvalue weighted by atomic mass is 10.1. The van der Waals surface area contributed by atoms with Gasteiger partial charge in [-0.1, -0.05) is 36.4 Å². The van der Waals surface area contributed by atoms with E-state index in [-0.39, 0.29) is 0 Å². The molecule has 0 atom stereocenters. The number of hydrogen-bond acceptors (Lipinski definition) is 2. The normalized spacial score (nSPS) is 10.9. The van der Waals surface area contributed by atoms with Crippen molar-refractivity contribution in [2.45, 2.75) is 24.5 Å². The smallest absolute Gasteiger partial charge is 0.0408 e. The molecule has 0 unspecified atom stereocenters. The Bertz CT molecular complexity index is 735. The van der Waals surface area contributed by atoms with E-state index in [1.807, 2.05) is 18.0 Å². The average Bonchev–Trinajstić information content (AvgIpc) is 2.50. The molecule has 1 nitrogen and oxygen atoms in total. The molecule has 0 fully saturated rings. The number of aryl methyl sites for hydroxylation is 2. The maximum Gasteiger partial charge on any atom is 0.0408 e. The predicted molar refractivity (Wildman–Crippen MR) is 87.2 cm³/mol. The highest BCUT2D eigenvalue weighted by molar-refractivity contribution is 7.98. The SMILES string of the molecule is Cc1ncc2cc(SCc3ccccc3)ccc2c1C. The molecule has 3 rings (SSSR count). The van der Waals surface area contributed by atoms with E-state index < -0.39 is 0 Å². The Hall–Kier alpha value is -1.80. The van der Waals surface area contributed by atoms with Crippen LogP contribution < -0.4 is 0 Å². The fraction of sp³-hybridized carbons (Fsp3) is 0.167. The highest BCUT2D eigenvalue weighted by Gasteiger charge is 2.03. The van der Waals surface area contributed by atoms with Crippen LogP contribution in [-0.2, 0) is 5.75 Å². The molecule has 2 aromatic carbocycles. The van der Waals surface area contributed by atoms with Crippen molar-refractivity contribution < 1.29 is 0 Å². The highest BCUT2D eigenvalue weighted by atomic mass is 32.2. The van der Waals surface area contributed by atoms with E-state index in [1.165, 1.54) is 26.8 Å². The van der Waals surface area contributed by atoms with Crippen molar-refractivity contribution in [1.29, 1.82) is 0 Å². The van der Waals surface area contributed by atoms with Gasteiger partial charge in [-0.15, -0.1) is 11.8 Å². The first-order valence-corrected chi connectivity index (χ1v) is 7.75. The Kier molecular flexibility index (Phi) is 3.75. The predicted octanol–water partition coefficient (Wildman–Crippen LogP) is 5.14. The standard InChI is InChI=1S/C18H17NS/c1-13-14(2)19-11-16-10-17(8-9-18(13)16)20-12-15-6-4-3-5-7-15/h3-11H,12H2,1-2H3. The number of benzene rings is 2. The summed E-state index contributed by atoms with van der Waals surface area (Å²) in [4.78, 5) is 5.75. The lowest BCUT2D eigenvalue weighted by Crippen LogP contribution is -1.88. The molecule has 0 aliphatic heterocycles. The molecule has 0 radical (unpaired) electrons. The van der Waals surface area contributed by atoms with Crippen LogP contribution in [0.2, 0.25) is 0 Å². The third-order valence-electron chi connectivity index (χ3n) is 3.62. The summed E-state index contributed by atoms with van der Waals surface area (Å²) in [6.45, 7) is 4.20. The maximum absolute atomic E-state index is 4.46. The van der Waals surface area contributed by atoms with Crippen LogP contribution in [0, 0.1) is 13.8 Å². The molecule has 0 N–H and O–H groups in total. The van der Waals surface area contributed by atoms with E-state index in [4.69, 9.17) is 0 Å². The minimum Gasteiger partial charge on any atom is -0.261 e. The van der Waals surface area contributed by atoms with Crippen LogP contribution >= 0.6 is 11.8 Å². The van der Waals surface area contributed by atoms with Gasteiger partial charge in [0.1, 0.15) is 0 Å². The van der Waals surface area contributed by atoms with Gasteiger partial charge in [-0.25, -0.2) is 0 Å². The van der Waals surface area contributed by atoms with Crippen LogP contribution in [0.5, 0.6) is 0 Å². The first-order chi connectivity index (χ1) is 9.74. The van der Waals surface area contributed by atoms with Crippen molar-refractivity contribution in [2.75, 3.05) is 0 Å². The van der Waals surface area contributed by atoms with E-state index in [0.29, 0.717) is 0 Å². The number of pyridine rings is 1. The largest absolute Gasteiger partial charge is 0.261 e. The molecular weight excluding hydrogens is 262 g/mol. The zero-order chi connectivity index (χ0) is 13.9. The Labute approximate surface area is 124 Å². The number of thioether (sulfide) groups is 1. The van der Waals surface area contributed by atoms with Gasteiger partial charge < -0.3 is 0 Å². The zero-order valence-electron chi connectivity index (χ0n) is 11.8. The van der Waals surface area contributed by atoms with Crippen LogP contribution in [0.15, 0.2) is 59.6 Å². The molecule has 0 saturated carbocycles. The van der Waals surface area contributed by atoms with Crippen LogP contribution in [0.3, 0.4) is 0 Å². The summed E-state index contributed by atoms with van der Waals surface area (Å²) in [5.41, 5.74) is 3.75. The van der Waals surface area contributed by atoms with Crippen molar-refractivity contribution >= 4 is 22.5 Å². The monoisotopic (exact) mass is 279 g/mol. The lowest BCUT2D eigenvalue weighted by Gasteiger charge is -2.07. The molecule has 0 amide bonds. The van der Waals surface area contributed by atoms with Gasteiger partial charge in [-0.2, -0.15) is 0 Å². The summed E-state index contributed by atoms with van der Waals surface area (Å²) in [5, 5.41) is 2.53. The van der Waals surface area contributed by atoms with Gasteiger partial charge in [0, 0.05) is 27.9 Å². The van der Waals surface area contributed by atoms with Crippen LogP contribution in [0.1, 0.15) is 16.8 Å². The summed E-state index contributed by atoms with van der Waals surface area (Å²) in [6.07, 6.45) is 1.98. The van der Waals surface area contributed by atoms with Crippen LogP contribution in [0.4, 0.5) is 0 Å². The Morgan fingerprint density at radius 1 is 1.00 bits per heavy atom. The molecule has 20 heavy (non-hydrogen) atoms. The van der Waals surface area contributed by atoms with Crippen molar-refractivity contribution in [2.24, 2.45) is 0 Å².